The van der Waals surface area contributed by atoms with Crippen molar-refractivity contribution in [2.24, 2.45) is 0 Å². The van der Waals surface area contributed by atoms with E-state index in [-0.39, 0.29) is 11.4 Å². The first-order valence-electron chi connectivity index (χ1n) is 8.39. The SMILES string of the molecule is CCCC(O)(CCC)CC(=O)NC(CC(=O)O)c1ccc(Cl)c(F)c1. The van der Waals surface area contributed by atoms with Gasteiger partial charge in [-0.15, -0.1) is 0 Å². The minimum Gasteiger partial charge on any atom is -0.481 e. The quantitative estimate of drug-likeness (QED) is 0.581. The lowest BCUT2D eigenvalue weighted by Gasteiger charge is -2.28. The molecule has 0 spiro atoms. The summed E-state index contributed by atoms with van der Waals surface area (Å²) in [6.07, 6.45) is 1.89. The summed E-state index contributed by atoms with van der Waals surface area (Å²) in [7, 11) is 0. The average molecular weight is 374 g/mol. The Balaban J connectivity index is 2.91. The van der Waals surface area contributed by atoms with Crippen molar-refractivity contribution in [2.75, 3.05) is 0 Å². The molecule has 0 heterocycles. The molecule has 1 aromatic carbocycles. The van der Waals surface area contributed by atoms with E-state index in [0.29, 0.717) is 18.4 Å². The van der Waals surface area contributed by atoms with Crippen LogP contribution in [0.15, 0.2) is 18.2 Å². The molecule has 0 aliphatic heterocycles. The van der Waals surface area contributed by atoms with Crippen molar-refractivity contribution in [3.63, 3.8) is 0 Å². The zero-order valence-corrected chi connectivity index (χ0v) is 15.3. The summed E-state index contributed by atoms with van der Waals surface area (Å²) in [5.41, 5.74) is -0.806. The summed E-state index contributed by atoms with van der Waals surface area (Å²) in [5, 5.41) is 22.2. The Morgan fingerprint density at radius 2 is 1.88 bits per heavy atom. The van der Waals surface area contributed by atoms with Gasteiger partial charge in [-0.05, 0) is 30.5 Å². The normalized spacial score (nSPS) is 12.7. The van der Waals surface area contributed by atoms with Crippen molar-refractivity contribution in [3.8, 4) is 0 Å². The predicted molar refractivity (Wildman–Crippen MR) is 93.9 cm³/mol. The van der Waals surface area contributed by atoms with E-state index in [1.165, 1.54) is 12.1 Å². The summed E-state index contributed by atoms with van der Waals surface area (Å²) >= 11 is 5.64. The standard InChI is InChI=1S/C18H25ClFNO4/c1-3-7-18(25,8-4-2)11-16(22)21-15(10-17(23)24)12-5-6-13(19)14(20)9-12/h5-6,9,15,25H,3-4,7-8,10-11H2,1-2H3,(H,21,22)(H,23,24). The Hall–Kier alpha value is -1.66. The van der Waals surface area contributed by atoms with Crippen molar-refractivity contribution in [3.05, 3.63) is 34.6 Å². The van der Waals surface area contributed by atoms with Gasteiger partial charge in [0.05, 0.1) is 29.5 Å². The fraction of sp³-hybridized carbons (Fsp3) is 0.556. The second kappa shape index (κ2) is 9.73. The van der Waals surface area contributed by atoms with Crippen LogP contribution >= 0.6 is 11.6 Å². The molecule has 0 bridgehead atoms. The molecule has 25 heavy (non-hydrogen) atoms. The highest BCUT2D eigenvalue weighted by Gasteiger charge is 2.29. The highest BCUT2D eigenvalue weighted by molar-refractivity contribution is 6.30. The minimum absolute atomic E-state index is 0.0792. The van der Waals surface area contributed by atoms with Crippen molar-refractivity contribution < 1.29 is 24.2 Å². The number of benzene rings is 1. The Labute approximate surface area is 152 Å². The number of rotatable bonds is 10. The summed E-state index contributed by atoms with van der Waals surface area (Å²) < 4.78 is 13.7. The lowest BCUT2D eigenvalue weighted by molar-refractivity contribution is -0.138. The lowest BCUT2D eigenvalue weighted by Crippen LogP contribution is -2.38. The molecule has 0 saturated carbocycles. The summed E-state index contributed by atoms with van der Waals surface area (Å²) in [6.45, 7) is 3.84. The molecule has 0 saturated heterocycles. The number of halogens is 2. The van der Waals surface area contributed by atoms with Crippen molar-refractivity contribution in [1.82, 2.24) is 5.32 Å². The van der Waals surface area contributed by atoms with Gasteiger partial charge in [-0.1, -0.05) is 44.4 Å². The predicted octanol–water partition coefficient (Wildman–Crippen LogP) is 3.83. The highest BCUT2D eigenvalue weighted by Crippen LogP contribution is 2.26. The molecular formula is C18H25ClFNO4. The van der Waals surface area contributed by atoms with Gasteiger partial charge in [-0.3, -0.25) is 9.59 Å². The van der Waals surface area contributed by atoms with Gasteiger partial charge in [0.2, 0.25) is 5.91 Å². The molecule has 0 aromatic heterocycles. The molecule has 1 atom stereocenters. The Morgan fingerprint density at radius 1 is 1.28 bits per heavy atom. The van der Waals surface area contributed by atoms with Gasteiger partial charge in [0, 0.05) is 0 Å². The van der Waals surface area contributed by atoms with Crippen molar-refractivity contribution >= 4 is 23.5 Å². The molecule has 7 heteroatoms. The third-order valence-corrected chi connectivity index (χ3v) is 4.29. The maximum atomic E-state index is 13.7. The zero-order valence-electron chi connectivity index (χ0n) is 14.5. The number of hydrogen-bond acceptors (Lipinski definition) is 3. The largest absolute Gasteiger partial charge is 0.481 e. The van der Waals surface area contributed by atoms with Crippen LogP contribution in [-0.4, -0.2) is 27.7 Å². The molecule has 0 radical (unpaired) electrons. The number of hydrogen-bond donors (Lipinski definition) is 3. The fourth-order valence-corrected chi connectivity index (χ4v) is 3.05. The van der Waals surface area contributed by atoms with Crippen LogP contribution in [0.2, 0.25) is 5.02 Å². The number of carboxylic acid groups (broad SMARTS) is 1. The highest BCUT2D eigenvalue weighted by atomic mass is 35.5. The van der Waals surface area contributed by atoms with Crippen LogP contribution in [0.1, 0.15) is 64.0 Å². The van der Waals surface area contributed by atoms with Crippen molar-refractivity contribution in [1.29, 1.82) is 0 Å². The molecule has 140 valence electrons. The minimum atomic E-state index is -1.13. The van der Waals surface area contributed by atoms with Crippen LogP contribution in [0.5, 0.6) is 0 Å². The number of nitrogens with one attached hydrogen (secondary N) is 1. The molecule has 1 aromatic rings. The summed E-state index contributed by atoms with van der Waals surface area (Å²) in [4.78, 5) is 23.4. The van der Waals surface area contributed by atoms with Gasteiger partial charge in [-0.25, -0.2) is 4.39 Å². The van der Waals surface area contributed by atoms with E-state index < -0.39 is 35.8 Å². The first-order valence-corrected chi connectivity index (χ1v) is 8.77. The van der Waals surface area contributed by atoms with Gasteiger partial charge in [0.15, 0.2) is 0 Å². The van der Waals surface area contributed by atoms with Crippen LogP contribution in [0.4, 0.5) is 4.39 Å². The van der Waals surface area contributed by atoms with Gasteiger partial charge >= 0.3 is 5.97 Å². The molecule has 1 rings (SSSR count). The van der Waals surface area contributed by atoms with E-state index in [2.05, 4.69) is 5.32 Å². The number of amides is 1. The smallest absolute Gasteiger partial charge is 0.305 e. The first-order chi connectivity index (χ1) is 11.7. The van der Waals surface area contributed by atoms with Gasteiger partial charge in [-0.2, -0.15) is 0 Å². The molecule has 5 nitrogen and oxygen atoms in total. The van der Waals surface area contributed by atoms with Crippen LogP contribution in [0.25, 0.3) is 0 Å². The van der Waals surface area contributed by atoms with E-state index in [1.54, 1.807) is 0 Å². The van der Waals surface area contributed by atoms with Gasteiger partial charge in [0.25, 0.3) is 0 Å². The van der Waals surface area contributed by atoms with Gasteiger partial charge in [0.1, 0.15) is 5.82 Å². The van der Waals surface area contributed by atoms with Crippen LogP contribution in [0, 0.1) is 5.82 Å². The number of carbonyl (C=O) groups is 2. The topological polar surface area (TPSA) is 86.6 Å². The van der Waals surface area contributed by atoms with Crippen LogP contribution < -0.4 is 5.32 Å². The second-order valence-corrected chi connectivity index (χ2v) is 6.70. The Bertz CT molecular complexity index is 603. The van der Waals surface area contributed by atoms with E-state index in [1.807, 2.05) is 13.8 Å². The molecule has 1 unspecified atom stereocenters. The Kier molecular flexibility index (Phi) is 8.32. The van der Waals surface area contributed by atoms with E-state index in [9.17, 15) is 19.1 Å². The molecule has 0 fully saturated rings. The first kappa shape index (κ1) is 21.4. The van der Waals surface area contributed by atoms with E-state index in [4.69, 9.17) is 16.7 Å². The number of aliphatic hydroxyl groups is 1. The third kappa shape index (κ3) is 7.00. The summed E-state index contributed by atoms with van der Waals surface area (Å²) in [5.74, 6) is -2.28. The lowest BCUT2D eigenvalue weighted by atomic mass is 9.88. The summed E-state index contributed by atoms with van der Waals surface area (Å²) in [6, 6.07) is 3.01. The average Bonchev–Trinajstić information content (AvgIpc) is 2.49. The maximum absolute atomic E-state index is 13.7. The number of carboxylic acids is 1. The molecule has 3 N–H and O–H groups in total. The van der Waals surface area contributed by atoms with Crippen LogP contribution in [-0.2, 0) is 9.59 Å². The molecule has 1 amide bonds. The molecule has 0 aliphatic rings. The van der Waals surface area contributed by atoms with Gasteiger partial charge < -0.3 is 15.5 Å². The monoisotopic (exact) mass is 373 g/mol. The molecular weight excluding hydrogens is 349 g/mol. The zero-order chi connectivity index (χ0) is 19.0. The second-order valence-electron chi connectivity index (χ2n) is 6.29. The Morgan fingerprint density at radius 3 is 2.36 bits per heavy atom. The van der Waals surface area contributed by atoms with Crippen molar-refractivity contribution in [2.45, 2.75) is 64.0 Å². The maximum Gasteiger partial charge on any atom is 0.305 e. The molecule has 0 aliphatic carbocycles. The number of aliphatic carboxylic acids is 1. The van der Waals surface area contributed by atoms with E-state index in [0.717, 1.165) is 18.9 Å². The number of carbonyl (C=O) groups excluding carboxylic acids is 1. The third-order valence-electron chi connectivity index (χ3n) is 3.98. The van der Waals surface area contributed by atoms with Crippen LogP contribution in [0.3, 0.4) is 0 Å². The fourth-order valence-electron chi connectivity index (χ4n) is 2.93. The van der Waals surface area contributed by atoms with E-state index >= 15 is 0 Å².